The number of rotatable bonds is 4. The molecule has 0 spiro atoms. The summed E-state index contributed by atoms with van der Waals surface area (Å²) in [6, 6.07) is 8.31. The van der Waals surface area contributed by atoms with E-state index in [-0.39, 0.29) is 0 Å². The minimum Gasteiger partial charge on any atom is -0.479 e. The lowest BCUT2D eigenvalue weighted by atomic mass is 10.1. The summed E-state index contributed by atoms with van der Waals surface area (Å²) in [6.07, 6.45) is -0.677. The molecule has 0 radical (unpaired) electrons. The van der Waals surface area contributed by atoms with Crippen LogP contribution in [0.4, 0.5) is 11.4 Å². The van der Waals surface area contributed by atoms with Crippen molar-refractivity contribution in [1.82, 2.24) is 15.4 Å². The minimum atomic E-state index is -0.677. The standard InChI is InChI=1S/C22H31N5O3/c1-14-10-15(2)12-18(11-14)26-6-8-27(9-7-26)22(25-29)24-20-13-19(17(4)28)16(3)23-21(20)30-5/h10-13,17,28-29H,6-9H2,1-5H3,(H,24,25). The van der Waals surface area contributed by atoms with Gasteiger partial charge < -0.3 is 19.6 Å². The van der Waals surface area contributed by atoms with Gasteiger partial charge in [0.05, 0.1) is 13.2 Å². The Balaban J connectivity index is 1.80. The Kier molecular flexibility index (Phi) is 6.79. The lowest BCUT2D eigenvalue weighted by molar-refractivity contribution is 0.198. The first-order valence-electron chi connectivity index (χ1n) is 10.1. The minimum absolute atomic E-state index is 0.329. The van der Waals surface area contributed by atoms with E-state index in [0.717, 1.165) is 13.1 Å². The molecule has 1 aliphatic heterocycles. The molecule has 0 amide bonds. The maximum Gasteiger partial charge on any atom is 0.240 e. The number of pyridine rings is 1. The van der Waals surface area contributed by atoms with E-state index in [9.17, 15) is 10.3 Å². The van der Waals surface area contributed by atoms with Crippen molar-refractivity contribution in [1.29, 1.82) is 0 Å². The number of aromatic nitrogens is 1. The predicted octanol–water partition coefficient (Wildman–Crippen LogP) is 2.86. The van der Waals surface area contributed by atoms with E-state index in [4.69, 9.17) is 4.74 Å². The molecule has 30 heavy (non-hydrogen) atoms. The highest BCUT2D eigenvalue weighted by Gasteiger charge is 2.21. The smallest absolute Gasteiger partial charge is 0.240 e. The maximum atomic E-state index is 10.00. The second-order valence-corrected chi connectivity index (χ2v) is 7.73. The van der Waals surface area contributed by atoms with Gasteiger partial charge in [0, 0.05) is 43.1 Å². The summed E-state index contributed by atoms with van der Waals surface area (Å²) in [6.45, 7) is 10.7. The van der Waals surface area contributed by atoms with Gasteiger partial charge in [0.1, 0.15) is 5.69 Å². The summed E-state index contributed by atoms with van der Waals surface area (Å²) in [4.78, 5) is 13.3. The lowest BCUT2D eigenvalue weighted by Gasteiger charge is -2.37. The zero-order valence-corrected chi connectivity index (χ0v) is 18.3. The quantitative estimate of drug-likeness (QED) is 0.403. The van der Waals surface area contributed by atoms with E-state index in [0.29, 0.717) is 41.9 Å². The summed E-state index contributed by atoms with van der Waals surface area (Å²) in [5.74, 6) is 0.675. The Hall–Kier alpha value is -2.84. The van der Waals surface area contributed by atoms with Crippen molar-refractivity contribution < 1.29 is 15.1 Å². The molecule has 1 atom stereocenters. The second-order valence-electron chi connectivity index (χ2n) is 7.73. The highest BCUT2D eigenvalue weighted by Crippen LogP contribution is 2.31. The first kappa shape index (κ1) is 21.9. The van der Waals surface area contributed by atoms with Crippen molar-refractivity contribution >= 4 is 17.3 Å². The van der Waals surface area contributed by atoms with Gasteiger partial charge >= 0.3 is 0 Å². The maximum absolute atomic E-state index is 10.00. The van der Waals surface area contributed by atoms with Crippen LogP contribution in [0, 0.1) is 20.8 Å². The van der Waals surface area contributed by atoms with Crippen molar-refractivity contribution in [3.8, 4) is 5.88 Å². The van der Waals surface area contributed by atoms with E-state index in [1.54, 1.807) is 13.0 Å². The number of anilines is 1. The second kappa shape index (κ2) is 9.32. The molecule has 0 aliphatic carbocycles. The van der Waals surface area contributed by atoms with Crippen molar-refractivity contribution in [2.75, 3.05) is 38.2 Å². The van der Waals surface area contributed by atoms with Crippen LogP contribution in [-0.4, -0.2) is 59.4 Å². The van der Waals surface area contributed by atoms with E-state index in [1.807, 2.05) is 11.8 Å². The largest absolute Gasteiger partial charge is 0.479 e. The monoisotopic (exact) mass is 413 g/mol. The number of aliphatic hydroxyl groups is 1. The molecule has 2 aromatic rings. The average Bonchev–Trinajstić information content (AvgIpc) is 2.71. The van der Waals surface area contributed by atoms with Gasteiger partial charge in [-0.15, -0.1) is 0 Å². The van der Waals surface area contributed by atoms with E-state index in [1.165, 1.54) is 23.9 Å². The Bertz CT molecular complexity index is 901. The Morgan fingerprint density at radius 1 is 1.10 bits per heavy atom. The lowest BCUT2D eigenvalue weighted by Crippen LogP contribution is -2.52. The first-order chi connectivity index (χ1) is 14.3. The molecular formula is C22H31N5O3. The van der Waals surface area contributed by atoms with Crippen LogP contribution in [0.15, 0.2) is 29.3 Å². The van der Waals surface area contributed by atoms with Gasteiger partial charge in [0.2, 0.25) is 11.8 Å². The van der Waals surface area contributed by atoms with E-state index in [2.05, 4.69) is 52.4 Å². The number of hydrogen-bond donors (Lipinski definition) is 3. The van der Waals surface area contributed by atoms with Crippen molar-refractivity contribution in [3.05, 3.63) is 46.6 Å². The molecule has 8 heteroatoms. The van der Waals surface area contributed by atoms with Gasteiger partial charge in [-0.05, 0) is 57.0 Å². The molecule has 162 valence electrons. The number of methoxy groups -OCH3 is 1. The number of aryl methyl sites for hydroxylation is 3. The highest BCUT2D eigenvalue weighted by atomic mass is 16.5. The summed E-state index contributed by atoms with van der Waals surface area (Å²) in [5, 5.41) is 19.7. The van der Waals surface area contributed by atoms with Gasteiger partial charge in [-0.3, -0.25) is 5.21 Å². The molecule has 0 saturated carbocycles. The van der Waals surface area contributed by atoms with Gasteiger partial charge in [-0.25, -0.2) is 15.5 Å². The average molecular weight is 414 g/mol. The van der Waals surface area contributed by atoms with Crippen molar-refractivity contribution in [2.24, 2.45) is 4.99 Å². The summed E-state index contributed by atoms with van der Waals surface area (Å²) in [7, 11) is 1.53. The predicted molar refractivity (Wildman–Crippen MR) is 118 cm³/mol. The molecule has 1 fully saturated rings. The first-order valence-corrected chi connectivity index (χ1v) is 10.1. The van der Waals surface area contributed by atoms with Gasteiger partial charge in [0.25, 0.3) is 0 Å². The van der Waals surface area contributed by atoms with Gasteiger partial charge in [-0.2, -0.15) is 0 Å². The number of piperazine rings is 1. The fourth-order valence-corrected chi connectivity index (χ4v) is 3.83. The molecule has 0 bridgehead atoms. The molecule has 1 unspecified atom stereocenters. The molecule has 1 aromatic heterocycles. The Labute approximate surface area is 177 Å². The zero-order valence-electron chi connectivity index (χ0n) is 18.3. The third-order valence-corrected chi connectivity index (χ3v) is 5.32. The number of benzene rings is 1. The van der Waals surface area contributed by atoms with Crippen LogP contribution in [0.25, 0.3) is 0 Å². The van der Waals surface area contributed by atoms with Gasteiger partial charge in [-0.1, -0.05) is 6.07 Å². The SMILES string of the molecule is COc1nc(C)c(C(C)O)cc1N=C(NO)N1CCN(c2cc(C)cc(C)c2)CC1. The fourth-order valence-electron chi connectivity index (χ4n) is 3.83. The van der Waals surface area contributed by atoms with Crippen LogP contribution in [0.1, 0.15) is 35.4 Å². The summed E-state index contributed by atoms with van der Waals surface area (Å²) < 4.78 is 5.35. The number of nitrogens with zero attached hydrogens (tertiary/aromatic N) is 4. The molecule has 3 rings (SSSR count). The molecule has 2 heterocycles. The molecular weight excluding hydrogens is 382 g/mol. The van der Waals surface area contributed by atoms with Crippen molar-refractivity contribution in [2.45, 2.75) is 33.8 Å². The van der Waals surface area contributed by atoms with Crippen LogP contribution < -0.4 is 15.1 Å². The number of hydroxylamine groups is 1. The molecule has 1 aliphatic rings. The molecule has 1 saturated heterocycles. The Morgan fingerprint density at radius 2 is 1.73 bits per heavy atom. The number of nitrogens with one attached hydrogen (secondary N) is 1. The molecule has 1 aromatic carbocycles. The number of guanidine groups is 1. The summed E-state index contributed by atoms with van der Waals surface area (Å²) >= 11 is 0. The van der Waals surface area contributed by atoms with Crippen LogP contribution in [0.3, 0.4) is 0 Å². The number of aliphatic imine (C=N–C) groups is 1. The van der Waals surface area contributed by atoms with Gasteiger partial charge in [0.15, 0.2) is 0 Å². The summed E-state index contributed by atoms with van der Waals surface area (Å²) in [5.41, 5.74) is 7.74. The number of hydrogen-bond acceptors (Lipinski definition) is 6. The van der Waals surface area contributed by atoms with Crippen LogP contribution >= 0.6 is 0 Å². The van der Waals surface area contributed by atoms with Crippen molar-refractivity contribution in [3.63, 3.8) is 0 Å². The third kappa shape index (κ3) is 4.83. The zero-order chi connectivity index (χ0) is 21.8. The molecule has 8 nitrogen and oxygen atoms in total. The molecule has 3 N–H and O–H groups in total. The van der Waals surface area contributed by atoms with E-state index < -0.39 is 6.10 Å². The van der Waals surface area contributed by atoms with Crippen LogP contribution in [-0.2, 0) is 0 Å². The fraction of sp³-hybridized carbons (Fsp3) is 0.455. The Morgan fingerprint density at radius 3 is 2.27 bits per heavy atom. The van der Waals surface area contributed by atoms with Crippen LogP contribution in [0.2, 0.25) is 0 Å². The topological polar surface area (TPSA) is 93.4 Å². The highest BCUT2D eigenvalue weighted by molar-refractivity contribution is 5.83. The van der Waals surface area contributed by atoms with Crippen LogP contribution in [0.5, 0.6) is 5.88 Å². The number of ether oxygens (including phenoxy) is 1. The third-order valence-electron chi connectivity index (χ3n) is 5.32. The van der Waals surface area contributed by atoms with E-state index >= 15 is 0 Å². The normalized spacial score (nSPS) is 15.9. The number of aliphatic hydroxyl groups excluding tert-OH is 1.